The third-order valence-electron chi connectivity index (χ3n) is 0.809. The Morgan fingerprint density at radius 1 is 1.56 bits per heavy atom. The van der Waals surface area contributed by atoms with Gasteiger partial charge < -0.3 is 5.32 Å². The van der Waals surface area contributed by atoms with E-state index < -0.39 is 12.2 Å². The second-order valence-corrected chi connectivity index (χ2v) is 1.55. The van der Waals surface area contributed by atoms with Crippen LogP contribution in [0.25, 0.3) is 0 Å². The maximum atomic E-state index is 11.4. The fraction of sp³-hybridized carbons (Fsp3) is 0.750. The summed E-state index contributed by atoms with van der Waals surface area (Å²) in [4.78, 5) is 9.45. The Hall–Kier alpha value is -0.740. The van der Waals surface area contributed by atoms with Crippen molar-refractivity contribution in [1.82, 2.24) is 5.32 Å². The number of amides is 1. The smallest absolute Gasteiger partial charge is 0.347 e. The summed E-state index contributed by atoms with van der Waals surface area (Å²) < 4.78 is 34.2. The van der Waals surface area contributed by atoms with Gasteiger partial charge in [-0.2, -0.15) is 13.2 Å². The molecule has 1 N–H and O–H groups in total. The highest BCUT2D eigenvalue weighted by Gasteiger charge is 2.35. The van der Waals surface area contributed by atoms with E-state index in [2.05, 4.69) is 0 Å². The molecule has 1 amide bonds. The molecule has 0 aliphatic carbocycles. The highest BCUT2D eigenvalue weighted by atomic mass is 19.4. The molecule has 5 heteroatoms. The summed E-state index contributed by atoms with van der Waals surface area (Å²) in [6.07, 6.45) is -4.31. The Kier molecular flexibility index (Phi) is 2.48. The maximum Gasteiger partial charge on any atom is 0.408 e. The average molecular weight is 141 g/mol. The highest BCUT2D eigenvalue weighted by Crippen LogP contribution is 2.18. The van der Waals surface area contributed by atoms with E-state index in [1.807, 2.05) is 0 Å². The minimum absolute atomic E-state index is 0.0259. The molecule has 0 saturated carbocycles. The molecule has 54 valence electrons. The van der Waals surface area contributed by atoms with Crippen molar-refractivity contribution in [3.63, 3.8) is 0 Å². The molecule has 0 aromatic heterocycles. The number of nitrogens with one attached hydrogen (secondary N) is 1. The van der Waals surface area contributed by atoms with Crippen LogP contribution in [0.15, 0.2) is 0 Å². The molecule has 0 rings (SSSR count). The molecule has 0 aliphatic heterocycles. The highest BCUT2D eigenvalue weighted by molar-refractivity contribution is 5.46. The maximum absolute atomic E-state index is 11.4. The van der Waals surface area contributed by atoms with Crippen LogP contribution in [-0.2, 0) is 4.79 Å². The molecule has 0 spiro atoms. The monoisotopic (exact) mass is 141 g/mol. The van der Waals surface area contributed by atoms with Gasteiger partial charge in [-0.3, -0.25) is 4.79 Å². The van der Waals surface area contributed by atoms with E-state index in [0.717, 1.165) is 6.92 Å². The van der Waals surface area contributed by atoms with E-state index >= 15 is 0 Å². The molecule has 0 fully saturated rings. The molecular formula is C4H6F3NO. The lowest BCUT2D eigenvalue weighted by Crippen LogP contribution is -2.38. The van der Waals surface area contributed by atoms with Crippen LogP contribution in [0.2, 0.25) is 0 Å². The molecule has 0 aromatic carbocycles. The fourth-order valence-corrected chi connectivity index (χ4v) is 0.197. The minimum atomic E-state index is -4.33. The summed E-state index contributed by atoms with van der Waals surface area (Å²) in [7, 11) is 0. The summed E-state index contributed by atoms with van der Waals surface area (Å²) in [6.45, 7) is 0.869. The van der Waals surface area contributed by atoms with Gasteiger partial charge >= 0.3 is 6.18 Å². The van der Waals surface area contributed by atoms with Crippen LogP contribution in [0.5, 0.6) is 0 Å². The normalized spacial score (nSPS) is 14.7. The van der Waals surface area contributed by atoms with E-state index in [0.29, 0.717) is 0 Å². The lowest BCUT2D eigenvalue weighted by molar-refractivity contribution is -0.154. The fourth-order valence-electron chi connectivity index (χ4n) is 0.197. The van der Waals surface area contributed by atoms with Gasteiger partial charge in [-0.1, -0.05) is 0 Å². The molecule has 0 bridgehead atoms. The predicted molar refractivity (Wildman–Crippen MR) is 24.7 cm³/mol. The predicted octanol–water partition coefficient (Wildman–Crippen LogP) is 0.683. The molecule has 0 saturated heterocycles. The zero-order valence-electron chi connectivity index (χ0n) is 4.70. The number of carbonyl (C=O) groups excluding carboxylic acids is 1. The van der Waals surface area contributed by atoms with Crippen molar-refractivity contribution in [1.29, 1.82) is 0 Å². The first-order chi connectivity index (χ1) is 3.98. The zero-order chi connectivity index (χ0) is 7.49. The van der Waals surface area contributed by atoms with E-state index in [1.165, 1.54) is 0 Å². The van der Waals surface area contributed by atoms with Gasteiger partial charge in [0.2, 0.25) is 6.41 Å². The molecule has 9 heavy (non-hydrogen) atoms. The zero-order valence-corrected chi connectivity index (χ0v) is 4.70. The molecular weight excluding hydrogens is 135 g/mol. The van der Waals surface area contributed by atoms with Gasteiger partial charge in [-0.15, -0.1) is 0 Å². The van der Waals surface area contributed by atoms with Gasteiger partial charge in [0, 0.05) is 0 Å². The van der Waals surface area contributed by atoms with Crippen LogP contribution in [0, 0.1) is 0 Å². The minimum Gasteiger partial charge on any atom is -0.347 e. The van der Waals surface area contributed by atoms with Crippen molar-refractivity contribution in [2.45, 2.75) is 19.1 Å². The van der Waals surface area contributed by atoms with Crippen molar-refractivity contribution in [2.24, 2.45) is 0 Å². The first-order valence-corrected chi connectivity index (χ1v) is 2.25. The van der Waals surface area contributed by atoms with E-state index in [1.54, 1.807) is 5.32 Å². The van der Waals surface area contributed by atoms with Gasteiger partial charge in [0.05, 0.1) is 0 Å². The van der Waals surface area contributed by atoms with Gasteiger partial charge in [0.15, 0.2) is 0 Å². The topological polar surface area (TPSA) is 29.1 Å². The number of hydrogen-bond acceptors (Lipinski definition) is 1. The molecule has 0 aromatic rings. The number of halogens is 3. The summed E-state index contributed by atoms with van der Waals surface area (Å²) >= 11 is 0. The van der Waals surface area contributed by atoms with Gasteiger partial charge in [0.25, 0.3) is 0 Å². The van der Waals surface area contributed by atoms with Crippen LogP contribution < -0.4 is 5.32 Å². The van der Waals surface area contributed by atoms with Gasteiger partial charge in [-0.25, -0.2) is 0 Å². The Morgan fingerprint density at radius 3 is 2.11 bits per heavy atom. The molecule has 0 heterocycles. The standard InChI is InChI=1S/C4H6F3NO/c1-3(8-2-9)4(5,6)7/h2-3H,1H3,(H,8,9)/t3-/m0/s1. The number of hydrogen-bond donors (Lipinski definition) is 1. The van der Waals surface area contributed by atoms with E-state index in [4.69, 9.17) is 0 Å². The number of carbonyl (C=O) groups is 1. The molecule has 0 radical (unpaired) electrons. The summed E-state index contributed by atoms with van der Waals surface area (Å²) in [6, 6.07) is -1.75. The van der Waals surface area contributed by atoms with E-state index in [-0.39, 0.29) is 6.41 Å². The average Bonchev–Trinajstić information content (AvgIpc) is 1.64. The summed E-state index contributed by atoms with van der Waals surface area (Å²) in [5.41, 5.74) is 0. The Bertz CT molecular complexity index is 100. The van der Waals surface area contributed by atoms with Crippen LogP contribution in [0.3, 0.4) is 0 Å². The van der Waals surface area contributed by atoms with Gasteiger partial charge in [-0.05, 0) is 6.92 Å². The van der Waals surface area contributed by atoms with Crippen LogP contribution in [0.1, 0.15) is 6.92 Å². The lowest BCUT2D eigenvalue weighted by Gasteiger charge is -2.13. The Balaban J connectivity index is 3.72. The van der Waals surface area contributed by atoms with Crippen LogP contribution in [0.4, 0.5) is 13.2 Å². The first kappa shape index (κ1) is 8.26. The SMILES string of the molecule is C[C@H](NC=O)C(F)(F)F. The largest absolute Gasteiger partial charge is 0.408 e. The third-order valence-corrected chi connectivity index (χ3v) is 0.809. The van der Waals surface area contributed by atoms with Crippen molar-refractivity contribution >= 4 is 6.41 Å². The first-order valence-electron chi connectivity index (χ1n) is 2.25. The number of rotatable bonds is 2. The lowest BCUT2D eigenvalue weighted by atomic mass is 10.3. The molecule has 0 unspecified atom stereocenters. The van der Waals surface area contributed by atoms with Crippen LogP contribution >= 0.6 is 0 Å². The quantitative estimate of drug-likeness (QED) is 0.563. The van der Waals surface area contributed by atoms with E-state index in [9.17, 15) is 18.0 Å². The Labute approximate surface area is 50.0 Å². The second-order valence-electron chi connectivity index (χ2n) is 1.55. The summed E-state index contributed by atoms with van der Waals surface area (Å²) in [5.74, 6) is 0. The third kappa shape index (κ3) is 2.94. The van der Waals surface area contributed by atoms with Gasteiger partial charge in [0.1, 0.15) is 6.04 Å². The molecule has 2 nitrogen and oxygen atoms in total. The second kappa shape index (κ2) is 2.70. The summed E-state index contributed by atoms with van der Waals surface area (Å²) in [5, 5.41) is 1.58. The molecule has 1 atom stereocenters. The van der Waals surface area contributed by atoms with Crippen LogP contribution in [-0.4, -0.2) is 18.6 Å². The van der Waals surface area contributed by atoms with Crippen molar-refractivity contribution in [3.8, 4) is 0 Å². The van der Waals surface area contributed by atoms with Crippen molar-refractivity contribution in [3.05, 3.63) is 0 Å². The Morgan fingerprint density at radius 2 is 2.00 bits per heavy atom. The number of alkyl halides is 3. The molecule has 0 aliphatic rings. The van der Waals surface area contributed by atoms with Crippen molar-refractivity contribution in [2.75, 3.05) is 0 Å². The van der Waals surface area contributed by atoms with Crippen molar-refractivity contribution < 1.29 is 18.0 Å².